The Labute approximate surface area is 122 Å². The molecule has 7 heteroatoms. The predicted molar refractivity (Wildman–Crippen MR) is 81.2 cm³/mol. The molecule has 2 rings (SSSR count). The van der Waals surface area contributed by atoms with E-state index in [4.69, 9.17) is 5.73 Å². The fraction of sp³-hybridized carbons (Fsp3) is 0.500. The minimum absolute atomic E-state index is 0. The first kappa shape index (κ1) is 15.9. The van der Waals surface area contributed by atoms with Crippen LogP contribution in [-0.2, 0) is 7.05 Å². The molecule has 5 nitrogen and oxygen atoms in total. The lowest BCUT2D eigenvalue weighted by Crippen LogP contribution is -2.39. The van der Waals surface area contributed by atoms with Crippen LogP contribution in [0.25, 0.3) is 10.2 Å². The van der Waals surface area contributed by atoms with E-state index >= 15 is 0 Å². The molecule has 2 N–H and O–H groups in total. The van der Waals surface area contributed by atoms with Gasteiger partial charge in [-0.1, -0.05) is 0 Å². The second-order valence-corrected chi connectivity index (χ2v) is 5.57. The van der Waals surface area contributed by atoms with E-state index < -0.39 is 0 Å². The van der Waals surface area contributed by atoms with Gasteiger partial charge in [-0.25, -0.2) is 0 Å². The quantitative estimate of drug-likeness (QED) is 0.940. The van der Waals surface area contributed by atoms with Gasteiger partial charge < -0.3 is 10.6 Å². The van der Waals surface area contributed by atoms with Crippen LogP contribution in [0, 0.1) is 6.92 Å². The van der Waals surface area contributed by atoms with E-state index in [0.717, 1.165) is 20.8 Å². The fourth-order valence-corrected chi connectivity index (χ4v) is 2.95. The Kier molecular flexibility index (Phi) is 4.95. The zero-order chi connectivity index (χ0) is 13.4. The Hall–Kier alpha value is -1.11. The molecule has 0 aliphatic rings. The third kappa shape index (κ3) is 2.75. The van der Waals surface area contributed by atoms with Crippen molar-refractivity contribution in [2.24, 2.45) is 12.8 Å². The summed E-state index contributed by atoms with van der Waals surface area (Å²) in [5.74, 6) is 0.0218. The molecule has 0 aliphatic carbocycles. The molecule has 1 amide bonds. The van der Waals surface area contributed by atoms with Crippen LogP contribution in [0.5, 0.6) is 0 Å². The monoisotopic (exact) mass is 302 g/mol. The summed E-state index contributed by atoms with van der Waals surface area (Å²) >= 11 is 1.48. The summed E-state index contributed by atoms with van der Waals surface area (Å²) in [5, 5.41) is 5.38. The molecule has 1 atom stereocenters. The lowest BCUT2D eigenvalue weighted by Gasteiger charge is -2.22. The molecule has 0 saturated carbocycles. The highest BCUT2D eigenvalue weighted by Crippen LogP contribution is 2.28. The fourth-order valence-electron chi connectivity index (χ4n) is 1.84. The molecule has 2 aromatic rings. The number of hydrogen-bond donors (Lipinski definition) is 1. The molecule has 2 heterocycles. The number of aromatic nitrogens is 2. The van der Waals surface area contributed by atoms with Crippen molar-refractivity contribution in [2.75, 3.05) is 13.6 Å². The van der Waals surface area contributed by atoms with Crippen LogP contribution >= 0.6 is 23.7 Å². The topological polar surface area (TPSA) is 64.2 Å². The first-order valence-corrected chi connectivity index (χ1v) is 6.67. The highest BCUT2D eigenvalue weighted by Gasteiger charge is 2.20. The van der Waals surface area contributed by atoms with Crippen LogP contribution in [0.2, 0.25) is 0 Å². The Balaban J connectivity index is 0.00000180. The van der Waals surface area contributed by atoms with Gasteiger partial charge in [0.2, 0.25) is 0 Å². The lowest BCUT2D eigenvalue weighted by atomic mass is 10.2. The number of halogens is 1. The predicted octanol–water partition coefficient (Wildman–Crippen LogP) is 1.78. The van der Waals surface area contributed by atoms with Gasteiger partial charge in [0.25, 0.3) is 5.91 Å². The molecular formula is C12H19ClN4OS. The van der Waals surface area contributed by atoms with E-state index in [9.17, 15) is 4.79 Å². The smallest absolute Gasteiger partial charge is 0.264 e. The molecule has 106 valence electrons. The van der Waals surface area contributed by atoms with Crippen molar-refractivity contribution in [1.82, 2.24) is 14.7 Å². The maximum Gasteiger partial charge on any atom is 0.264 e. The number of aryl methyl sites for hydroxylation is 2. The summed E-state index contributed by atoms with van der Waals surface area (Å²) in [6, 6.07) is 1.96. The van der Waals surface area contributed by atoms with Crippen LogP contribution in [0.15, 0.2) is 6.07 Å². The number of thiophene rings is 1. The summed E-state index contributed by atoms with van der Waals surface area (Å²) in [5.41, 5.74) is 6.54. The largest absolute Gasteiger partial charge is 0.337 e. The number of likely N-dealkylation sites (N-methyl/N-ethyl adjacent to an activating group) is 1. The normalized spacial score (nSPS) is 12.3. The summed E-state index contributed by atoms with van der Waals surface area (Å²) in [4.78, 5) is 15.7. The molecule has 1 unspecified atom stereocenters. The lowest BCUT2D eigenvalue weighted by molar-refractivity contribution is 0.0753. The van der Waals surface area contributed by atoms with Crippen molar-refractivity contribution in [3.8, 4) is 0 Å². The maximum atomic E-state index is 12.3. The van der Waals surface area contributed by atoms with Gasteiger partial charge in [0.1, 0.15) is 4.83 Å². The van der Waals surface area contributed by atoms with Gasteiger partial charge in [-0.15, -0.1) is 23.7 Å². The van der Waals surface area contributed by atoms with Gasteiger partial charge in [-0.2, -0.15) is 5.10 Å². The first-order valence-electron chi connectivity index (χ1n) is 5.86. The maximum absolute atomic E-state index is 12.3. The average molecular weight is 303 g/mol. The van der Waals surface area contributed by atoms with Crippen LogP contribution < -0.4 is 5.73 Å². The van der Waals surface area contributed by atoms with Crippen LogP contribution in [0.3, 0.4) is 0 Å². The van der Waals surface area contributed by atoms with Crippen molar-refractivity contribution < 1.29 is 4.79 Å². The molecule has 19 heavy (non-hydrogen) atoms. The van der Waals surface area contributed by atoms with Gasteiger partial charge in [-0.3, -0.25) is 9.48 Å². The van der Waals surface area contributed by atoms with E-state index in [2.05, 4.69) is 5.10 Å². The minimum atomic E-state index is 0. The highest BCUT2D eigenvalue weighted by molar-refractivity contribution is 7.20. The number of amides is 1. The summed E-state index contributed by atoms with van der Waals surface area (Å²) in [7, 11) is 3.68. The Morgan fingerprint density at radius 2 is 2.26 bits per heavy atom. The minimum Gasteiger partial charge on any atom is -0.337 e. The third-order valence-corrected chi connectivity index (χ3v) is 4.42. The molecule has 0 saturated heterocycles. The van der Waals surface area contributed by atoms with Crippen molar-refractivity contribution in [2.45, 2.75) is 19.9 Å². The molecule has 0 aromatic carbocycles. The highest BCUT2D eigenvalue weighted by atomic mass is 35.5. The Morgan fingerprint density at radius 1 is 1.63 bits per heavy atom. The molecule has 2 aromatic heterocycles. The summed E-state index contributed by atoms with van der Waals surface area (Å²) < 4.78 is 1.82. The van der Waals surface area contributed by atoms with Gasteiger partial charge in [0.05, 0.1) is 10.6 Å². The second kappa shape index (κ2) is 5.90. The number of fused-ring (bicyclic) bond motifs is 1. The van der Waals surface area contributed by atoms with Gasteiger partial charge in [-0.05, 0) is 19.9 Å². The number of rotatable bonds is 3. The number of carbonyl (C=O) groups excluding carboxylic acids is 1. The Morgan fingerprint density at radius 3 is 2.79 bits per heavy atom. The van der Waals surface area contributed by atoms with Crippen LogP contribution in [-0.4, -0.2) is 40.2 Å². The second-order valence-electron chi connectivity index (χ2n) is 4.54. The van der Waals surface area contributed by atoms with E-state index in [1.54, 1.807) is 11.9 Å². The van der Waals surface area contributed by atoms with Crippen molar-refractivity contribution in [3.63, 3.8) is 0 Å². The molecular weight excluding hydrogens is 284 g/mol. The van der Waals surface area contributed by atoms with Gasteiger partial charge >= 0.3 is 0 Å². The summed E-state index contributed by atoms with van der Waals surface area (Å²) in [6.07, 6.45) is 0. The van der Waals surface area contributed by atoms with Crippen LogP contribution in [0.4, 0.5) is 0 Å². The number of hydrogen-bond acceptors (Lipinski definition) is 4. The zero-order valence-corrected chi connectivity index (χ0v) is 13.1. The number of nitrogens with two attached hydrogens (primary N) is 1. The number of nitrogens with zero attached hydrogens (tertiary/aromatic N) is 3. The van der Waals surface area contributed by atoms with E-state index in [-0.39, 0.29) is 24.4 Å². The van der Waals surface area contributed by atoms with Crippen molar-refractivity contribution >= 4 is 39.9 Å². The molecule has 0 aliphatic heterocycles. The molecule has 0 bridgehead atoms. The first-order chi connectivity index (χ1) is 8.45. The van der Waals surface area contributed by atoms with Crippen LogP contribution in [0.1, 0.15) is 22.3 Å². The molecule has 0 radical (unpaired) electrons. The van der Waals surface area contributed by atoms with Crippen molar-refractivity contribution in [3.05, 3.63) is 16.6 Å². The van der Waals surface area contributed by atoms with E-state index in [1.165, 1.54) is 11.3 Å². The zero-order valence-electron chi connectivity index (χ0n) is 11.5. The standard InChI is InChI=1S/C12H18N4OS.ClH/c1-7(6-13)15(3)11(17)10-5-9-8(2)14-16(4)12(9)18-10;/h5,7H,6,13H2,1-4H3;1H. The Bertz CT molecular complexity index is 557. The van der Waals surface area contributed by atoms with Crippen molar-refractivity contribution in [1.29, 1.82) is 0 Å². The van der Waals surface area contributed by atoms with E-state index in [0.29, 0.717) is 6.54 Å². The third-order valence-electron chi connectivity index (χ3n) is 3.23. The SMILES string of the molecule is Cc1nn(C)c2sc(C(=O)N(C)C(C)CN)cc12.Cl. The molecule has 0 spiro atoms. The van der Waals surface area contributed by atoms with E-state index in [1.807, 2.05) is 31.6 Å². The number of carbonyl (C=O) groups is 1. The van der Waals surface area contributed by atoms with Gasteiger partial charge in [0, 0.05) is 32.1 Å². The summed E-state index contributed by atoms with van der Waals surface area (Å²) in [6.45, 7) is 4.36. The molecule has 0 fully saturated rings. The van der Waals surface area contributed by atoms with Gasteiger partial charge in [0.15, 0.2) is 0 Å². The average Bonchev–Trinajstić information content (AvgIpc) is 2.89.